The molecule has 0 amide bonds. The Bertz CT molecular complexity index is 501. The molecule has 4 nitrogen and oxygen atoms in total. The maximum Gasteiger partial charge on any atom is 0.560 e. The number of para-hydroxylation sites is 1. The van der Waals surface area contributed by atoms with Crippen molar-refractivity contribution in [3.05, 3.63) is 48.5 Å². The Balaban J connectivity index is 2.19. The summed E-state index contributed by atoms with van der Waals surface area (Å²) < 4.78 is 5.16. The summed E-state index contributed by atoms with van der Waals surface area (Å²) in [4.78, 5) is 0. The minimum atomic E-state index is -1.19. The van der Waals surface area contributed by atoms with Gasteiger partial charge in [0.25, 0.3) is 0 Å². The van der Waals surface area contributed by atoms with Gasteiger partial charge in [0.15, 0.2) is 11.5 Å². The molecule has 0 aliphatic carbocycles. The summed E-state index contributed by atoms with van der Waals surface area (Å²) in [5, 5.41) is 28.6. The summed E-state index contributed by atoms with van der Waals surface area (Å²) in [7, 11) is -1.19. The van der Waals surface area contributed by atoms with Crippen molar-refractivity contribution in [1.82, 2.24) is 0 Å². The van der Waals surface area contributed by atoms with Gasteiger partial charge in [-0.15, -0.1) is 0 Å². The minimum Gasteiger partial charge on any atom is -0.530 e. The van der Waals surface area contributed by atoms with Gasteiger partial charge in [-0.25, -0.2) is 0 Å². The Morgan fingerprint density at radius 3 is 2.29 bits per heavy atom. The van der Waals surface area contributed by atoms with Crippen LogP contribution < -0.4 is 10.1 Å². The van der Waals surface area contributed by atoms with Crippen LogP contribution in [0.2, 0.25) is 0 Å². The number of rotatable bonds is 3. The highest BCUT2D eigenvalue weighted by Gasteiger charge is 2.20. The molecule has 0 aromatic heterocycles. The Hall–Kier alpha value is -2.14. The van der Waals surface area contributed by atoms with E-state index in [9.17, 15) is 15.2 Å². The largest absolute Gasteiger partial charge is 0.560 e. The number of phenols is 2. The number of aromatic hydroxyl groups is 2. The quantitative estimate of drug-likeness (QED) is 0.540. The zero-order valence-electron chi connectivity index (χ0n) is 8.95. The Morgan fingerprint density at radius 1 is 0.882 bits per heavy atom. The highest BCUT2D eigenvalue weighted by atomic mass is 16.5. The molecule has 0 aliphatic heterocycles. The van der Waals surface area contributed by atoms with Crippen molar-refractivity contribution in [1.29, 1.82) is 0 Å². The molecular weight excluding hydrogens is 219 g/mol. The first-order valence-electron chi connectivity index (χ1n) is 5.09. The van der Waals surface area contributed by atoms with E-state index in [-0.39, 0.29) is 17.2 Å². The van der Waals surface area contributed by atoms with Crippen molar-refractivity contribution >= 4 is 12.6 Å². The van der Waals surface area contributed by atoms with Gasteiger partial charge < -0.3 is 19.9 Å². The van der Waals surface area contributed by atoms with Crippen LogP contribution >= 0.6 is 0 Å². The van der Waals surface area contributed by atoms with Crippen LogP contribution in [-0.2, 0) is 0 Å². The normalized spacial score (nSPS) is 9.94. The zero-order valence-corrected chi connectivity index (χ0v) is 8.95. The highest BCUT2D eigenvalue weighted by molar-refractivity contribution is 6.60. The van der Waals surface area contributed by atoms with Gasteiger partial charge in [0.05, 0.1) is 0 Å². The number of phenolic OH excluding ortho intramolecular Hbond substituents is 2. The molecule has 0 spiro atoms. The van der Waals surface area contributed by atoms with E-state index in [1.54, 1.807) is 24.3 Å². The van der Waals surface area contributed by atoms with Crippen LogP contribution in [0.3, 0.4) is 0 Å². The van der Waals surface area contributed by atoms with Gasteiger partial charge in [0.2, 0.25) is 0 Å². The van der Waals surface area contributed by atoms with Gasteiger partial charge in [-0.05, 0) is 17.6 Å². The lowest BCUT2D eigenvalue weighted by atomic mass is 9.79. The minimum absolute atomic E-state index is 0.0290. The van der Waals surface area contributed by atoms with Crippen molar-refractivity contribution in [2.24, 2.45) is 0 Å². The maximum absolute atomic E-state index is 9.77. The monoisotopic (exact) mass is 230 g/mol. The number of hydrogen-bond donors (Lipinski definition) is 3. The van der Waals surface area contributed by atoms with Gasteiger partial charge in [-0.2, -0.15) is 0 Å². The summed E-state index contributed by atoms with van der Waals surface area (Å²) in [5.41, 5.74) is 0.565. The van der Waals surface area contributed by atoms with Crippen molar-refractivity contribution in [2.75, 3.05) is 0 Å². The van der Waals surface area contributed by atoms with E-state index in [0.717, 1.165) is 0 Å². The van der Waals surface area contributed by atoms with Crippen LogP contribution in [0.15, 0.2) is 48.5 Å². The van der Waals surface area contributed by atoms with Crippen LogP contribution in [0.4, 0.5) is 0 Å². The zero-order chi connectivity index (χ0) is 12.3. The summed E-state index contributed by atoms with van der Waals surface area (Å²) in [6, 6.07) is 13.1. The molecule has 86 valence electrons. The van der Waals surface area contributed by atoms with Crippen LogP contribution in [0.5, 0.6) is 17.2 Å². The fourth-order valence-electron chi connectivity index (χ4n) is 1.41. The molecule has 2 aromatic carbocycles. The molecule has 2 aromatic rings. The number of benzene rings is 2. The molecule has 0 radical (unpaired) electrons. The molecule has 0 saturated carbocycles. The third-order valence-corrected chi connectivity index (χ3v) is 2.30. The average molecular weight is 230 g/mol. The van der Waals surface area contributed by atoms with Crippen molar-refractivity contribution in [2.45, 2.75) is 0 Å². The smallest absolute Gasteiger partial charge is 0.530 e. The van der Waals surface area contributed by atoms with Crippen LogP contribution in [0, 0.1) is 0 Å². The SMILES string of the molecule is OB(Oc1cccc(O)c1O)c1ccccc1. The third-order valence-electron chi connectivity index (χ3n) is 2.30. The van der Waals surface area contributed by atoms with Crippen LogP contribution in [-0.4, -0.2) is 22.4 Å². The lowest BCUT2D eigenvalue weighted by molar-refractivity contribution is 0.370. The molecule has 3 N–H and O–H groups in total. The summed E-state index contributed by atoms with van der Waals surface area (Å²) in [6.07, 6.45) is 0. The van der Waals surface area contributed by atoms with Gasteiger partial charge in [0, 0.05) is 0 Å². The fourth-order valence-corrected chi connectivity index (χ4v) is 1.41. The molecule has 0 aliphatic rings. The first-order chi connectivity index (χ1) is 8.18. The molecular formula is C12H11BO4. The molecule has 0 unspecified atom stereocenters. The Labute approximate surface area is 98.9 Å². The second kappa shape index (κ2) is 4.80. The molecule has 17 heavy (non-hydrogen) atoms. The summed E-state index contributed by atoms with van der Waals surface area (Å²) in [5.74, 6) is -0.647. The van der Waals surface area contributed by atoms with Crippen LogP contribution in [0.1, 0.15) is 0 Å². The van der Waals surface area contributed by atoms with Gasteiger partial charge in [-0.1, -0.05) is 36.4 Å². The number of hydrogen-bond acceptors (Lipinski definition) is 4. The van der Waals surface area contributed by atoms with Gasteiger partial charge in [-0.3, -0.25) is 0 Å². The molecule has 0 atom stereocenters. The van der Waals surface area contributed by atoms with E-state index in [2.05, 4.69) is 0 Å². The Morgan fingerprint density at radius 2 is 1.59 bits per heavy atom. The molecule has 0 saturated heterocycles. The van der Waals surface area contributed by atoms with E-state index in [4.69, 9.17) is 4.65 Å². The third kappa shape index (κ3) is 2.51. The fraction of sp³-hybridized carbons (Fsp3) is 0. The van der Waals surface area contributed by atoms with Crippen LogP contribution in [0.25, 0.3) is 0 Å². The predicted octanol–water partition coefficient (Wildman–Crippen LogP) is 0.864. The van der Waals surface area contributed by atoms with E-state index in [1.165, 1.54) is 18.2 Å². The highest BCUT2D eigenvalue weighted by Crippen LogP contribution is 2.34. The van der Waals surface area contributed by atoms with E-state index >= 15 is 0 Å². The van der Waals surface area contributed by atoms with Crippen molar-refractivity contribution in [3.8, 4) is 17.2 Å². The first-order valence-corrected chi connectivity index (χ1v) is 5.09. The first kappa shape index (κ1) is 11.4. The van der Waals surface area contributed by atoms with Gasteiger partial charge >= 0.3 is 7.12 Å². The lowest BCUT2D eigenvalue weighted by Crippen LogP contribution is -2.36. The second-order valence-electron chi connectivity index (χ2n) is 3.50. The Kier molecular flexibility index (Phi) is 3.21. The molecule has 0 bridgehead atoms. The van der Waals surface area contributed by atoms with E-state index in [0.29, 0.717) is 5.46 Å². The summed E-state index contributed by atoms with van der Waals surface area (Å²) >= 11 is 0. The second-order valence-corrected chi connectivity index (χ2v) is 3.50. The van der Waals surface area contributed by atoms with Crippen molar-refractivity contribution in [3.63, 3.8) is 0 Å². The topological polar surface area (TPSA) is 69.9 Å². The van der Waals surface area contributed by atoms with Gasteiger partial charge in [0.1, 0.15) is 5.75 Å². The molecule has 2 rings (SSSR count). The molecule has 0 heterocycles. The van der Waals surface area contributed by atoms with E-state index < -0.39 is 7.12 Å². The summed E-state index contributed by atoms with van der Waals surface area (Å²) in [6.45, 7) is 0. The average Bonchev–Trinajstić information content (AvgIpc) is 2.36. The molecule has 5 heteroatoms. The van der Waals surface area contributed by atoms with Crippen molar-refractivity contribution < 1.29 is 19.9 Å². The predicted molar refractivity (Wildman–Crippen MR) is 64.4 cm³/mol. The standard InChI is InChI=1S/C12H11BO4/c14-10-7-4-8-11(12(10)15)17-13(16)9-5-2-1-3-6-9/h1-8,14-16H. The van der Waals surface area contributed by atoms with E-state index in [1.807, 2.05) is 6.07 Å². The molecule has 0 fully saturated rings. The lowest BCUT2D eigenvalue weighted by Gasteiger charge is -2.11. The maximum atomic E-state index is 9.77.